The van der Waals surface area contributed by atoms with E-state index in [4.69, 9.17) is 9.47 Å². The van der Waals surface area contributed by atoms with Crippen LogP contribution in [0.4, 0.5) is 0 Å². The molecule has 0 aromatic heterocycles. The van der Waals surface area contributed by atoms with E-state index >= 15 is 0 Å². The summed E-state index contributed by atoms with van der Waals surface area (Å²) in [5.41, 5.74) is 3.06. The van der Waals surface area contributed by atoms with E-state index in [2.05, 4.69) is 11.4 Å². The maximum Gasteiger partial charge on any atom is 0.254 e. The quantitative estimate of drug-likeness (QED) is 0.850. The molecule has 3 rings (SSSR count). The standard InChI is InChI=1S/C22H28N2O3/c1-16-14-24(15-17(2)27-16)22(25)20-9-7-18(8-10-20)12-23-13-19-5-4-6-21(11-19)26-3/h4-11,16-17,23H,12-15H2,1-3H3. The van der Waals surface area contributed by atoms with Crippen LogP contribution in [0.1, 0.15) is 35.3 Å². The third-order valence-corrected chi connectivity index (χ3v) is 4.70. The molecule has 2 atom stereocenters. The van der Waals surface area contributed by atoms with Gasteiger partial charge in [-0.25, -0.2) is 0 Å². The molecule has 1 amide bonds. The van der Waals surface area contributed by atoms with Crippen molar-refractivity contribution in [3.63, 3.8) is 0 Å². The summed E-state index contributed by atoms with van der Waals surface area (Å²) in [6.45, 7) is 6.82. The fourth-order valence-electron chi connectivity index (χ4n) is 3.43. The van der Waals surface area contributed by atoms with Crippen molar-refractivity contribution in [3.8, 4) is 5.75 Å². The molecule has 2 aromatic rings. The fourth-order valence-corrected chi connectivity index (χ4v) is 3.43. The van der Waals surface area contributed by atoms with Crippen molar-refractivity contribution in [1.29, 1.82) is 0 Å². The fraction of sp³-hybridized carbons (Fsp3) is 0.409. The van der Waals surface area contributed by atoms with Crippen LogP contribution >= 0.6 is 0 Å². The Hall–Kier alpha value is -2.37. The number of hydrogen-bond acceptors (Lipinski definition) is 4. The maximum atomic E-state index is 12.7. The second-order valence-corrected chi connectivity index (χ2v) is 7.12. The van der Waals surface area contributed by atoms with Crippen molar-refractivity contribution in [2.45, 2.75) is 39.1 Å². The SMILES string of the molecule is COc1cccc(CNCc2ccc(C(=O)N3CC(C)OC(C)C3)cc2)c1. The van der Waals surface area contributed by atoms with Crippen molar-refractivity contribution in [1.82, 2.24) is 10.2 Å². The van der Waals surface area contributed by atoms with Gasteiger partial charge in [-0.05, 0) is 49.2 Å². The molecule has 1 heterocycles. The molecule has 0 aliphatic carbocycles. The van der Waals surface area contributed by atoms with Gasteiger partial charge in [0, 0.05) is 31.7 Å². The van der Waals surface area contributed by atoms with E-state index in [1.54, 1.807) is 7.11 Å². The topological polar surface area (TPSA) is 50.8 Å². The summed E-state index contributed by atoms with van der Waals surface area (Å²) in [6.07, 6.45) is 0.163. The highest BCUT2D eigenvalue weighted by Crippen LogP contribution is 2.15. The molecule has 1 aliphatic heterocycles. The summed E-state index contributed by atoms with van der Waals surface area (Å²) in [6, 6.07) is 15.9. The Bertz CT molecular complexity index is 750. The average molecular weight is 368 g/mol. The molecule has 0 radical (unpaired) electrons. The molecule has 5 nitrogen and oxygen atoms in total. The van der Waals surface area contributed by atoms with Crippen molar-refractivity contribution in [2.75, 3.05) is 20.2 Å². The summed E-state index contributed by atoms with van der Waals surface area (Å²) >= 11 is 0. The van der Waals surface area contributed by atoms with Crippen molar-refractivity contribution in [3.05, 3.63) is 65.2 Å². The molecule has 1 fully saturated rings. The van der Waals surface area contributed by atoms with Gasteiger partial charge in [-0.15, -0.1) is 0 Å². The summed E-state index contributed by atoms with van der Waals surface area (Å²) in [5.74, 6) is 0.941. The van der Waals surface area contributed by atoms with Gasteiger partial charge in [0.05, 0.1) is 19.3 Å². The normalized spacial score (nSPS) is 19.7. The summed E-state index contributed by atoms with van der Waals surface area (Å²) in [4.78, 5) is 14.6. The number of morpholine rings is 1. The van der Waals surface area contributed by atoms with Gasteiger partial charge in [-0.1, -0.05) is 24.3 Å². The number of ether oxygens (including phenoxy) is 2. The number of nitrogens with zero attached hydrogens (tertiary/aromatic N) is 1. The lowest BCUT2D eigenvalue weighted by atomic mass is 10.1. The van der Waals surface area contributed by atoms with E-state index in [0.717, 1.165) is 30.0 Å². The van der Waals surface area contributed by atoms with Crippen LogP contribution < -0.4 is 10.1 Å². The lowest BCUT2D eigenvalue weighted by Crippen LogP contribution is -2.48. The Kier molecular flexibility index (Phi) is 6.48. The second kappa shape index (κ2) is 9.02. The average Bonchev–Trinajstić information content (AvgIpc) is 2.67. The minimum Gasteiger partial charge on any atom is -0.497 e. The van der Waals surface area contributed by atoms with E-state index in [1.165, 1.54) is 5.56 Å². The smallest absolute Gasteiger partial charge is 0.254 e. The summed E-state index contributed by atoms with van der Waals surface area (Å²) < 4.78 is 11.0. The van der Waals surface area contributed by atoms with Gasteiger partial charge in [0.15, 0.2) is 0 Å². The van der Waals surface area contributed by atoms with Gasteiger partial charge < -0.3 is 19.7 Å². The number of carbonyl (C=O) groups is 1. The molecule has 2 aromatic carbocycles. The Labute approximate surface area is 161 Å². The maximum absolute atomic E-state index is 12.7. The third-order valence-electron chi connectivity index (χ3n) is 4.70. The van der Waals surface area contributed by atoms with Crippen molar-refractivity contribution in [2.24, 2.45) is 0 Å². The van der Waals surface area contributed by atoms with E-state index in [-0.39, 0.29) is 18.1 Å². The van der Waals surface area contributed by atoms with Gasteiger partial charge in [-0.3, -0.25) is 4.79 Å². The van der Waals surface area contributed by atoms with Crippen molar-refractivity contribution >= 4 is 5.91 Å². The largest absolute Gasteiger partial charge is 0.497 e. The molecular formula is C22H28N2O3. The number of hydrogen-bond donors (Lipinski definition) is 1. The van der Waals surface area contributed by atoms with Crippen LogP contribution in [0.25, 0.3) is 0 Å². The lowest BCUT2D eigenvalue weighted by molar-refractivity contribution is -0.0586. The van der Waals surface area contributed by atoms with E-state index in [9.17, 15) is 4.79 Å². The van der Waals surface area contributed by atoms with Crippen molar-refractivity contribution < 1.29 is 14.3 Å². The minimum absolute atomic E-state index is 0.0767. The molecule has 144 valence electrons. The zero-order chi connectivity index (χ0) is 19.2. The first-order valence-electron chi connectivity index (χ1n) is 9.42. The van der Waals surface area contributed by atoms with Crippen LogP contribution in [0.5, 0.6) is 5.75 Å². The van der Waals surface area contributed by atoms with Crippen LogP contribution in [0.15, 0.2) is 48.5 Å². The second-order valence-electron chi connectivity index (χ2n) is 7.12. The van der Waals surface area contributed by atoms with Crippen LogP contribution in [-0.4, -0.2) is 43.2 Å². The van der Waals surface area contributed by atoms with Gasteiger partial charge in [0.1, 0.15) is 5.75 Å². The van der Waals surface area contributed by atoms with E-state index < -0.39 is 0 Å². The van der Waals surface area contributed by atoms with Gasteiger partial charge in [0.25, 0.3) is 5.91 Å². The Balaban J connectivity index is 1.53. The highest BCUT2D eigenvalue weighted by Gasteiger charge is 2.26. The van der Waals surface area contributed by atoms with Gasteiger partial charge in [0.2, 0.25) is 0 Å². The molecule has 5 heteroatoms. The Morgan fingerprint density at radius 3 is 2.41 bits per heavy atom. The monoisotopic (exact) mass is 368 g/mol. The molecule has 0 spiro atoms. The Morgan fingerprint density at radius 1 is 1.07 bits per heavy atom. The number of nitrogens with one attached hydrogen (secondary N) is 1. The number of benzene rings is 2. The lowest BCUT2D eigenvalue weighted by Gasteiger charge is -2.35. The number of carbonyl (C=O) groups excluding carboxylic acids is 1. The molecule has 1 aliphatic rings. The predicted molar refractivity (Wildman–Crippen MR) is 106 cm³/mol. The first kappa shape index (κ1) is 19.4. The van der Waals surface area contributed by atoms with Crippen LogP contribution in [0, 0.1) is 0 Å². The van der Waals surface area contributed by atoms with E-state index in [1.807, 2.05) is 61.2 Å². The highest BCUT2D eigenvalue weighted by molar-refractivity contribution is 5.94. The zero-order valence-corrected chi connectivity index (χ0v) is 16.3. The molecule has 0 saturated carbocycles. The Morgan fingerprint density at radius 2 is 1.74 bits per heavy atom. The van der Waals surface area contributed by atoms with E-state index in [0.29, 0.717) is 13.1 Å². The first-order valence-corrected chi connectivity index (χ1v) is 9.42. The molecular weight excluding hydrogens is 340 g/mol. The molecule has 1 N–H and O–H groups in total. The molecule has 27 heavy (non-hydrogen) atoms. The summed E-state index contributed by atoms with van der Waals surface area (Å²) in [7, 11) is 1.67. The third kappa shape index (κ3) is 5.31. The molecule has 1 saturated heterocycles. The van der Waals surface area contributed by atoms with Gasteiger partial charge >= 0.3 is 0 Å². The van der Waals surface area contributed by atoms with Crippen LogP contribution in [-0.2, 0) is 17.8 Å². The molecule has 2 unspecified atom stereocenters. The first-order chi connectivity index (χ1) is 13.0. The van der Waals surface area contributed by atoms with Crippen LogP contribution in [0.2, 0.25) is 0 Å². The minimum atomic E-state index is 0.0767. The number of rotatable bonds is 6. The van der Waals surface area contributed by atoms with Crippen LogP contribution in [0.3, 0.4) is 0 Å². The number of amides is 1. The summed E-state index contributed by atoms with van der Waals surface area (Å²) in [5, 5.41) is 3.43. The van der Waals surface area contributed by atoms with Gasteiger partial charge in [-0.2, -0.15) is 0 Å². The zero-order valence-electron chi connectivity index (χ0n) is 16.3. The predicted octanol–water partition coefficient (Wildman–Crippen LogP) is 3.23. The highest BCUT2D eigenvalue weighted by atomic mass is 16.5. The number of methoxy groups -OCH3 is 1. The molecule has 0 bridgehead atoms.